The number of ether oxygens (including phenoxy) is 2. The Bertz CT molecular complexity index is 153. The van der Waals surface area contributed by atoms with Gasteiger partial charge in [-0.2, -0.15) is 0 Å². The van der Waals surface area contributed by atoms with E-state index >= 15 is 0 Å². The molecular formula is C11H23NO2. The predicted octanol–water partition coefficient (Wildman–Crippen LogP) is 1.70. The second-order valence-corrected chi connectivity index (χ2v) is 4.61. The molecule has 1 heterocycles. The van der Waals surface area contributed by atoms with Crippen molar-refractivity contribution in [2.45, 2.75) is 50.7 Å². The summed E-state index contributed by atoms with van der Waals surface area (Å²) in [4.78, 5) is 0. The Morgan fingerprint density at radius 1 is 1.57 bits per heavy atom. The van der Waals surface area contributed by atoms with E-state index in [9.17, 15) is 0 Å². The quantitative estimate of drug-likeness (QED) is 0.711. The lowest BCUT2D eigenvalue weighted by Crippen LogP contribution is -2.40. The second kappa shape index (κ2) is 5.69. The number of methoxy groups -OCH3 is 1. The van der Waals surface area contributed by atoms with Crippen LogP contribution in [0.3, 0.4) is 0 Å². The Morgan fingerprint density at radius 2 is 2.36 bits per heavy atom. The molecule has 0 amide bonds. The minimum atomic E-state index is -0.173. The second-order valence-electron chi connectivity index (χ2n) is 4.61. The van der Waals surface area contributed by atoms with Crippen molar-refractivity contribution in [1.29, 1.82) is 0 Å². The van der Waals surface area contributed by atoms with E-state index in [0.717, 1.165) is 25.9 Å². The zero-order valence-electron chi connectivity index (χ0n) is 9.42. The average Bonchev–Trinajstić information content (AvgIpc) is 2.56. The molecule has 0 aromatic carbocycles. The van der Waals surface area contributed by atoms with E-state index in [1.165, 1.54) is 12.8 Å². The first-order chi connectivity index (χ1) is 6.64. The summed E-state index contributed by atoms with van der Waals surface area (Å²) >= 11 is 0. The fourth-order valence-corrected chi connectivity index (χ4v) is 2.01. The third-order valence-electron chi connectivity index (χ3n) is 2.77. The maximum Gasteiger partial charge on any atom is 0.0639 e. The zero-order chi connectivity index (χ0) is 10.4. The minimum Gasteiger partial charge on any atom is -0.383 e. The molecule has 0 bridgehead atoms. The summed E-state index contributed by atoms with van der Waals surface area (Å²) in [6.07, 6.45) is 6.25. The Morgan fingerprint density at radius 3 is 2.93 bits per heavy atom. The van der Waals surface area contributed by atoms with Crippen LogP contribution in [-0.4, -0.2) is 32.0 Å². The first-order valence-electron chi connectivity index (χ1n) is 5.53. The van der Waals surface area contributed by atoms with Gasteiger partial charge in [0, 0.05) is 19.3 Å². The number of rotatable bonds is 6. The third-order valence-corrected chi connectivity index (χ3v) is 2.77. The van der Waals surface area contributed by atoms with Crippen LogP contribution in [0.1, 0.15) is 39.0 Å². The largest absolute Gasteiger partial charge is 0.383 e. The van der Waals surface area contributed by atoms with Gasteiger partial charge in [0.15, 0.2) is 0 Å². The summed E-state index contributed by atoms with van der Waals surface area (Å²) in [5, 5.41) is 0. The fraction of sp³-hybridized carbons (Fsp3) is 1.00. The van der Waals surface area contributed by atoms with Crippen LogP contribution in [-0.2, 0) is 9.47 Å². The molecule has 2 atom stereocenters. The molecule has 2 unspecified atom stereocenters. The van der Waals surface area contributed by atoms with Crippen molar-refractivity contribution >= 4 is 0 Å². The van der Waals surface area contributed by atoms with E-state index in [4.69, 9.17) is 15.2 Å². The van der Waals surface area contributed by atoms with E-state index in [2.05, 4.69) is 0 Å². The lowest BCUT2D eigenvalue weighted by molar-refractivity contribution is 0.0947. The van der Waals surface area contributed by atoms with Crippen LogP contribution in [0, 0.1) is 0 Å². The molecule has 0 spiro atoms. The van der Waals surface area contributed by atoms with Crippen molar-refractivity contribution in [3.63, 3.8) is 0 Å². The molecule has 3 heteroatoms. The van der Waals surface area contributed by atoms with Crippen molar-refractivity contribution in [3.05, 3.63) is 0 Å². The molecule has 2 N–H and O–H groups in total. The molecule has 3 nitrogen and oxygen atoms in total. The summed E-state index contributed by atoms with van der Waals surface area (Å²) in [7, 11) is 1.70. The topological polar surface area (TPSA) is 44.5 Å². The van der Waals surface area contributed by atoms with E-state index in [1.807, 2.05) is 6.92 Å². The van der Waals surface area contributed by atoms with Crippen molar-refractivity contribution in [2.75, 3.05) is 20.3 Å². The molecule has 0 aromatic heterocycles. The molecule has 0 saturated carbocycles. The molecule has 1 aliphatic rings. The molecule has 1 fully saturated rings. The van der Waals surface area contributed by atoms with Crippen LogP contribution in [0.15, 0.2) is 0 Å². The monoisotopic (exact) mass is 201 g/mol. The van der Waals surface area contributed by atoms with Gasteiger partial charge in [0.05, 0.1) is 12.7 Å². The summed E-state index contributed by atoms with van der Waals surface area (Å²) in [6, 6.07) is 0. The van der Waals surface area contributed by atoms with Crippen LogP contribution in [0.4, 0.5) is 0 Å². The van der Waals surface area contributed by atoms with Crippen LogP contribution in [0.25, 0.3) is 0 Å². The first kappa shape index (κ1) is 12.0. The van der Waals surface area contributed by atoms with Crippen molar-refractivity contribution in [1.82, 2.24) is 0 Å². The van der Waals surface area contributed by atoms with Crippen molar-refractivity contribution < 1.29 is 9.47 Å². The van der Waals surface area contributed by atoms with E-state index < -0.39 is 0 Å². The summed E-state index contributed by atoms with van der Waals surface area (Å²) in [6.45, 7) is 3.63. The molecule has 0 aromatic rings. The molecule has 1 rings (SSSR count). The van der Waals surface area contributed by atoms with Gasteiger partial charge in [0.2, 0.25) is 0 Å². The van der Waals surface area contributed by atoms with Gasteiger partial charge in [-0.25, -0.2) is 0 Å². The SMILES string of the molecule is COCC(C)(N)CCCC1CCCO1. The Balaban J connectivity index is 2.07. The Hall–Kier alpha value is -0.120. The molecule has 14 heavy (non-hydrogen) atoms. The number of hydrogen-bond donors (Lipinski definition) is 1. The highest BCUT2D eigenvalue weighted by Gasteiger charge is 2.20. The van der Waals surface area contributed by atoms with Gasteiger partial charge in [-0.05, 0) is 39.0 Å². The summed E-state index contributed by atoms with van der Waals surface area (Å²) in [5.74, 6) is 0. The van der Waals surface area contributed by atoms with Gasteiger partial charge in [-0.3, -0.25) is 0 Å². The number of nitrogens with two attached hydrogens (primary N) is 1. The molecular weight excluding hydrogens is 178 g/mol. The lowest BCUT2D eigenvalue weighted by Gasteiger charge is -2.23. The molecule has 1 aliphatic heterocycles. The van der Waals surface area contributed by atoms with E-state index in [1.54, 1.807) is 7.11 Å². The van der Waals surface area contributed by atoms with Crippen molar-refractivity contribution in [3.8, 4) is 0 Å². The minimum absolute atomic E-state index is 0.173. The van der Waals surface area contributed by atoms with Gasteiger partial charge in [0.1, 0.15) is 0 Å². The smallest absolute Gasteiger partial charge is 0.0639 e. The van der Waals surface area contributed by atoms with E-state index in [-0.39, 0.29) is 5.54 Å². The van der Waals surface area contributed by atoms with Crippen LogP contribution in [0.5, 0.6) is 0 Å². The Labute approximate surface area is 86.9 Å². The molecule has 84 valence electrons. The normalized spacial score (nSPS) is 26.4. The summed E-state index contributed by atoms with van der Waals surface area (Å²) < 4.78 is 10.6. The highest BCUT2D eigenvalue weighted by Crippen LogP contribution is 2.20. The van der Waals surface area contributed by atoms with Crippen LogP contribution in [0.2, 0.25) is 0 Å². The molecule has 1 saturated heterocycles. The van der Waals surface area contributed by atoms with Gasteiger partial charge in [-0.15, -0.1) is 0 Å². The summed E-state index contributed by atoms with van der Waals surface area (Å²) in [5.41, 5.74) is 5.87. The van der Waals surface area contributed by atoms with Gasteiger partial charge in [-0.1, -0.05) is 0 Å². The third kappa shape index (κ3) is 4.40. The Kier molecular flexibility index (Phi) is 4.85. The fourth-order valence-electron chi connectivity index (χ4n) is 2.01. The van der Waals surface area contributed by atoms with Crippen molar-refractivity contribution in [2.24, 2.45) is 5.73 Å². The highest BCUT2D eigenvalue weighted by molar-refractivity contribution is 4.78. The maximum absolute atomic E-state index is 6.05. The van der Waals surface area contributed by atoms with Crippen LogP contribution >= 0.6 is 0 Å². The van der Waals surface area contributed by atoms with Crippen LogP contribution < -0.4 is 5.73 Å². The van der Waals surface area contributed by atoms with Gasteiger partial charge in [0.25, 0.3) is 0 Å². The maximum atomic E-state index is 6.05. The molecule has 0 radical (unpaired) electrons. The lowest BCUT2D eigenvalue weighted by atomic mass is 9.95. The standard InChI is InChI=1S/C11H23NO2/c1-11(12,9-13-2)7-3-5-10-6-4-8-14-10/h10H,3-9,12H2,1-2H3. The molecule has 0 aliphatic carbocycles. The van der Waals surface area contributed by atoms with E-state index in [0.29, 0.717) is 12.7 Å². The van der Waals surface area contributed by atoms with Gasteiger partial charge >= 0.3 is 0 Å². The average molecular weight is 201 g/mol. The highest BCUT2D eigenvalue weighted by atomic mass is 16.5. The first-order valence-corrected chi connectivity index (χ1v) is 5.53. The number of hydrogen-bond acceptors (Lipinski definition) is 3. The predicted molar refractivity (Wildman–Crippen MR) is 57.3 cm³/mol. The van der Waals surface area contributed by atoms with Gasteiger partial charge < -0.3 is 15.2 Å². The zero-order valence-corrected chi connectivity index (χ0v) is 9.42.